The number of nitrogens with zero attached hydrogens (tertiary/aromatic N) is 5. The third-order valence-electron chi connectivity index (χ3n) is 4.88. The summed E-state index contributed by atoms with van der Waals surface area (Å²) in [5, 5.41) is 4.12. The number of pyridine rings is 2. The zero-order valence-electron chi connectivity index (χ0n) is 14.7. The normalized spacial score (nSPS) is 19.6. The number of rotatable bonds is 6. The number of ether oxygens (including phenoxy) is 2. The second-order valence-electron chi connectivity index (χ2n) is 6.92. The molecule has 1 atom stereocenters. The lowest BCUT2D eigenvalue weighted by Crippen LogP contribution is -2.32. The van der Waals surface area contributed by atoms with Gasteiger partial charge in [-0.15, -0.1) is 0 Å². The van der Waals surface area contributed by atoms with Gasteiger partial charge < -0.3 is 14.4 Å². The van der Waals surface area contributed by atoms with Gasteiger partial charge in [0.25, 0.3) is 5.91 Å². The molecule has 1 aliphatic heterocycles. The van der Waals surface area contributed by atoms with Crippen LogP contribution in [0.5, 0.6) is 11.6 Å². The third kappa shape index (κ3) is 3.30. The first kappa shape index (κ1) is 16.0. The predicted octanol–water partition coefficient (Wildman–Crippen LogP) is 2.10. The molecule has 0 radical (unpaired) electrons. The fourth-order valence-electron chi connectivity index (χ4n) is 3.16. The Hall–Kier alpha value is -3.16. The van der Waals surface area contributed by atoms with Gasteiger partial charge in [0.15, 0.2) is 11.8 Å². The van der Waals surface area contributed by atoms with Gasteiger partial charge in [0, 0.05) is 19.0 Å². The molecule has 0 bridgehead atoms. The van der Waals surface area contributed by atoms with E-state index in [9.17, 15) is 4.79 Å². The van der Waals surface area contributed by atoms with Crippen LogP contribution in [0.2, 0.25) is 0 Å². The Morgan fingerprint density at radius 3 is 2.85 bits per heavy atom. The Kier molecular flexibility index (Phi) is 3.88. The van der Waals surface area contributed by atoms with E-state index in [1.807, 2.05) is 12.1 Å². The molecule has 2 fully saturated rings. The number of carbonyl (C=O) groups is 1. The van der Waals surface area contributed by atoms with E-state index in [-0.39, 0.29) is 5.91 Å². The van der Waals surface area contributed by atoms with Gasteiger partial charge in [-0.25, -0.2) is 14.5 Å². The fraction of sp³-hybridized carbons (Fsp3) is 0.368. The van der Waals surface area contributed by atoms with Crippen LogP contribution in [0.1, 0.15) is 19.3 Å². The Labute approximate surface area is 155 Å². The number of carbonyl (C=O) groups excluding carboxylic acids is 1. The highest BCUT2D eigenvalue weighted by molar-refractivity contribution is 5.98. The molecule has 0 aromatic carbocycles. The Balaban J connectivity index is 1.24. The number of aromatic nitrogens is 4. The van der Waals surface area contributed by atoms with E-state index in [4.69, 9.17) is 9.47 Å². The summed E-state index contributed by atoms with van der Waals surface area (Å²) >= 11 is 0. The molecule has 1 aliphatic carbocycles. The van der Waals surface area contributed by atoms with Crippen LogP contribution in [-0.2, 0) is 4.79 Å². The van der Waals surface area contributed by atoms with E-state index >= 15 is 0 Å². The Morgan fingerprint density at radius 2 is 2.04 bits per heavy atom. The SMILES string of the molecule is O=C1[C@H](Oc2ccc(OCC3CC3)nc2)CCN1c1ccc2ncnn2c1. The molecule has 0 spiro atoms. The van der Waals surface area contributed by atoms with Crippen molar-refractivity contribution < 1.29 is 14.3 Å². The van der Waals surface area contributed by atoms with E-state index in [0.717, 1.165) is 17.9 Å². The van der Waals surface area contributed by atoms with Gasteiger partial charge in [-0.3, -0.25) is 4.79 Å². The molecule has 0 unspecified atom stereocenters. The van der Waals surface area contributed by atoms with Crippen molar-refractivity contribution in [3.8, 4) is 11.6 Å². The van der Waals surface area contributed by atoms with Crippen molar-refractivity contribution in [2.45, 2.75) is 25.4 Å². The fourth-order valence-corrected chi connectivity index (χ4v) is 3.16. The Morgan fingerprint density at radius 1 is 1.11 bits per heavy atom. The maximum absolute atomic E-state index is 12.7. The summed E-state index contributed by atoms with van der Waals surface area (Å²) in [7, 11) is 0. The molecule has 27 heavy (non-hydrogen) atoms. The van der Waals surface area contributed by atoms with E-state index in [2.05, 4.69) is 15.1 Å². The van der Waals surface area contributed by atoms with Gasteiger partial charge in [-0.2, -0.15) is 5.10 Å². The van der Waals surface area contributed by atoms with Gasteiger partial charge in [0.05, 0.1) is 24.7 Å². The average Bonchev–Trinajstić information content (AvgIpc) is 3.29. The zero-order valence-corrected chi connectivity index (χ0v) is 14.7. The molecule has 2 aliphatic rings. The highest BCUT2D eigenvalue weighted by Crippen LogP contribution is 2.29. The molecule has 1 saturated heterocycles. The third-order valence-corrected chi connectivity index (χ3v) is 4.88. The van der Waals surface area contributed by atoms with Crippen LogP contribution in [0.3, 0.4) is 0 Å². The lowest BCUT2D eigenvalue weighted by molar-refractivity contribution is -0.122. The molecule has 5 rings (SSSR count). The van der Waals surface area contributed by atoms with Crippen LogP contribution in [0.25, 0.3) is 5.65 Å². The first-order valence-electron chi connectivity index (χ1n) is 9.12. The van der Waals surface area contributed by atoms with Gasteiger partial charge in [0.1, 0.15) is 12.1 Å². The predicted molar refractivity (Wildman–Crippen MR) is 96.8 cm³/mol. The molecule has 1 amide bonds. The molecule has 138 valence electrons. The minimum absolute atomic E-state index is 0.0662. The second-order valence-corrected chi connectivity index (χ2v) is 6.92. The minimum atomic E-state index is -0.517. The molecular weight excluding hydrogens is 346 g/mol. The van der Waals surface area contributed by atoms with Crippen LogP contribution < -0.4 is 14.4 Å². The number of anilines is 1. The van der Waals surface area contributed by atoms with Crippen molar-refractivity contribution in [2.24, 2.45) is 5.92 Å². The minimum Gasteiger partial charge on any atom is -0.479 e. The summed E-state index contributed by atoms with van der Waals surface area (Å²) in [4.78, 5) is 22.8. The van der Waals surface area contributed by atoms with Gasteiger partial charge in [-0.1, -0.05) is 0 Å². The Bertz CT molecular complexity index is 967. The summed E-state index contributed by atoms with van der Waals surface area (Å²) in [6, 6.07) is 7.30. The van der Waals surface area contributed by atoms with Gasteiger partial charge >= 0.3 is 0 Å². The van der Waals surface area contributed by atoms with Crippen LogP contribution in [0, 0.1) is 5.92 Å². The van der Waals surface area contributed by atoms with E-state index in [1.54, 1.807) is 33.9 Å². The van der Waals surface area contributed by atoms with Crippen LogP contribution in [-0.4, -0.2) is 44.7 Å². The van der Waals surface area contributed by atoms with E-state index < -0.39 is 6.10 Å². The highest BCUT2D eigenvalue weighted by atomic mass is 16.5. The van der Waals surface area contributed by atoms with Gasteiger partial charge in [-0.05, 0) is 37.0 Å². The van der Waals surface area contributed by atoms with Crippen LogP contribution in [0.4, 0.5) is 5.69 Å². The summed E-state index contributed by atoms with van der Waals surface area (Å²) in [6.45, 7) is 1.32. The molecule has 3 aromatic rings. The van der Waals surface area contributed by atoms with Crippen molar-refractivity contribution in [2.75, 3.05) is 18.1 Å². The molecule has 3 aromatic heterocycles. The maximum atomic E-state index is 12.7. The highest BCUT2D eigenvalue weighted by Gasteiger charge is 2.34. The zero-order chi connectivity index (χ0) is 18.2. The monoisotopic (exact) mass is 365 g/mol. The lowest BCUT2D eigenvalue weighted by atomic mass is 10.3. The first-order chi connectivity index (χ1) is 13.3. The van der Waals surface area contributed by atoms with Crippen molar-refractivity contribution in [1.29, 1.82) is 0 Å². The molecule has 8 nitrogen and oxygen atoms in total. The summed E-state index contributed by atoms with van der Waals surface area (Å²) in [5.41, 5.74) is 1.53. The number of hydrogen-bond donors (Lipinski definition) is 0. The first-order valence-corrected chi connectivity index (χ1v) is 9.12. The van der Waals surface area contributed by atoms with Crippen LogP contribution >= 0.6 is 0 Å². The number of hydrogen-bond acceptors (Lipinski definition) is 6. The molecule has 1 saturated carbocycles. The second kappa shape index (κ2) is 6.53. The van der Waals surface area contributed by atoms with E-state index in [1.165, 1.54) is 19.2 Å². The van der Waals surface area contributed by atoms with Gasteiger partial charge in [0.2, 0.25) is 5.88 Å². The topological polar surface area (TPSA) is 81.9 Å². The molecule has 8 heteroatoms. The van der Waals surface area contributed by atoms with Crippen molar-refractivity contribution in [1.82, 2.24) is 19.6 Å². The van der Waals surface area contributed by atoms with E-state index in [0.29, 0.717) is 30.5 Å². The van der Waals surface area contributed by atoms with Crippen molar-refractivity contribution in [3.05, 3.63) is 43.0 Å². The average molecular weight is 365 g/mol. The van der Waals surface area contributed by atoms with Crippen molar-refractivity contribution >= 4 is 17.2 Å². The smallest absolute Gasteiger partial charge is 0.268 e. The van der Waals surface area contributed by atoms with Crippen molar-refractivity contribution in [3.63, 3.8) is 0 Å². The molecule has 0 N–H and O–H groups in total. The molecule has 4 heterocycles. The van der Waals surface area contributed by atoms with Crippen LogP contribution in [0.15, 0.2) is 43.0 Å². The standard InChI is InChI=1S/C19H19N5O3/c25-19-16(27-15-4-6-18(20-9-15)26-11-13-1-2-13)7-8-23(19)14-3-5-17-21-12-22-24(17)10-14/h3-6,9-10,12-13,16H,1-2,7-8,11H2/t16-/m1/s1. The maximum Gasteiger partial charge on any atom is 0.268 e. The number of amides is 1. The summed E-state index contributed by atoms with van der Waals surface area (Å²) in [6.07, 6.45) is 7.49. The largest absolute Gasteiger partial charge is 0.479 e. The molecular formula is C19H19N5O3. The number of fused-ring (bicyclic) bond motifs is 1. The summed E-state index contributed by atoms with van der Waals surface area (Å²) in [5.74, 6) is 1.78. The quantitative estimate of drug-likeness (QED) is 0.665. The lowest BCUT2D eigenvalue weighted by Gasteiger charge is -2.17. The summed E-state index contributed by atoms with van der Waals surface area (Å²) < 4.78 is 13.1.